The molecule has 1 saturated heterocycles. The zero-order valence-electron chi connectivity index (χ0n) is 19.3. The zero-order chi connectivity index (χ0) is 25.2. The third kappa shape index (κ3) is 4.68. The summed E-state index contributed by atoms with van der Waals surface area (Å²) < 4.78 is 50.4. The van der Waals surface area contributed by atoms with Crippen LogP contribution in [0, 0.1) is 12.7 Å². The number of anilines is 1. The summed E-state index contributed by atoms with van der Waals surface area (Å²) in [5, 5.41) is 2.78. The van der Waals surface area contributed by atoms with Crippen molar-refractivity contribution in [1.29, 1.82) is 0 Å². The van der Waals surface area contributed by atoms with Gasteiger partial charge in [0.2, 0.25) is 0 Å². The quantitative estimate of drug-likeness (QED) is 0.385. The van der Waals surface area contributed by atoms with Crippen molar-refractivity contribution in [3.05, 3.63) is 71.2 Å². The number of benzene rings is 2. The van der Waals surface area contributed by atoms with Crippen LogP contribution in [-0.4, -0.2) is 53.4 Å². The molecule has 0 radical (unpaired) electrons. The molecule has 1 amide bonds. The molecule has 0 unspecified atom stereocenters. The van der Waals surface area contributed by atoms with E-state index in [4.69, 9.17) is 4.42 Å². The number of amides is 1. The summed E-state index contributed by atoms with van der Waals surface area (Å²) in [4.78, 5) is 26.6. The van der Waals surface area contributed by atoms with Crippen molar-refractivity contribution in [1.82, 2.24) is 9.88 Å². The van der Waals surface area contributed by atoms with Crippen molar-refractivity contribution >= 4 is 35.6 Å². The molecule has 0 aliphatic carbocycles. The third-order valence-corrected chi connectivity index (χ3v) is 5.84. The van der Waals surface area contributed by atoms with Gasteiger partial charge in [-0.2, -0.15) is 4.98 Å². The van der Waals surface area contributed by atoms with Crippen LogP contribution in [0.25, 0.3) is 11.1 Å². The number of para-hydroxylation sites is 2. The van der Waals surface area contributed by atoms with E-state index in [1.807, 2.05) is 0 Å². The molecule has 1 aliphatic rings. The highest BCUT2D eigenvalue weighted by molar-refractivity contribution is 6.11. The molecule has 1 atom stereocenters. The van der Waals surface area contributed by atoms with Gasteiger partial charge in [-0.15, -0.1) is 0 Å². The van der Waals surface area contributed by atoms with Crippen LogP contribution < -0.4 is 5.32 Å². The topological polar surface area (TPSA) is 83.1 Å². The van der Waals surface area contributed by atoms with E-state index >= 15 is 4.39 Å². The summed E-state index contributed by atoms with van der Waals surface area (Å²) in [5.74, 6) is -4.74. The highest BCUT2D eigenvalue weighted by atomic mass is 19.3. The van der Waals surface area contributed by atoms with Gasteiger partial charge in [-0.1, -0.05) is 24.3 Å². The number of carbonyl (C=O) groups is 1. The molecule has 4 rings (SSSR count). The Kier molecular flexibility index (Phi) is 6.72. The van der Waals surface area contributed by atoms with Crippen LogP contribution in [0.3, 0.4) is 0 Å². The number of likely N-dealkylation sites (tertiary alicyclic amines) is 1. The number of hydrogen-bond acceptors (Lipinski definition) is 5. The molecule has 1 aliphatic heterocycles. The molecule has 182 valence electrons. The fourth-order valence-electron chi connectivity index (χ4n) is 4.02. The molecular weight excluding hydrogens is 459 g/mol. The second-order valence-electron chi connectivity index (χ2n) is 8.11. The van der Waals surface area contributed by atoms with Crippen LogP contribution in [-0.2, 0) is 0 Å². The Bertz CT molecular complexity index is 1300. The number of nitrogens with zero attached hydrogens (tertiary/aromatic N) is 4. The number of hydrogen-bond donors (Lipinski definition) is 1. The lowest BCUT2D eigenvalue weighted by Gasteiger charge is -2.28. The maximum atomic E-state index is 15.1. The molecule has 1 N–H and O–H groups in total. The lowest BCUT2D eigenvalue weighted by molar-refractivity contribution is -0.0249. The Labute approximate surface area is 200 Å². The predicted octanol–water partition coefficient (Wildman–Crippen LogP) is 5.22. The smallest absolute Gasteiger partial charge is 0.295 e. The average Bonchev–Trinajstić information content (AvgIpc) is 3.39. The number of carbonyl (C=O) groups excluding carboxylic acids is 1. The highest BCUT2D eigenvalue weighted by Gasteiger charge is 2.51. The average molecular weight is 483 g/mol. The molecule has 3 aromatic rings. The van der Waals surface area contributed by atoms with Crippen LogP contribution >= 0.6 is 0 Å². The van der Waals surface area contributed by atoms with Gasteiger partial charge in [0.05, 0.1) is 11.1 Å². The Morgan fingerprint density at radius 3 is 2.83 bits per heavy atom. The number of aliphatic imine (C=N–C) groups is 2. The Balaban J connectivity index is 1.66. The number of fused-ring (bicyclic) bond motifs is 1. The number of alkyl halides is 2. The first-order chi connectivity index (χ1) is 16.8. The van der Waals surface area contributed by atoms with Crippen LogP contribution in [0.15, 0.2) is 63.1 Å². The van der Waals surface area contributed by atoms with Crippen LogP contribution in [0.2, 0.25) is 0 Å². The van der Waals surface area contributed by atoms with Gasteiger partial charge in [-0.25, -0.2) is 23.2 Å². The Hall–Kier alpha value is -3.95. The van der Waals surface area contributed by atoms with E-state index in [0.29, 0.717) is 11.1 Å². The largest absolute Gasteiger partial charge is 0.424 e. The van der Waals surface area contributed by atoms with Crippen molar-refractivity contribution in [3.8, 4) is 0 Å². The number of allylic oxidation sites excluding steroid dienone is 1. The van der Waals surface area contributed by atoms with E-state index in [-0.39, 0.29) is 41.6 Å². The molecule has 2 heterocycles. The van der Waals surface area contributed by atoms with Gasteiger partial charge in [0.25, 0.3) is 17.8 Å². The fraction of sp³-hybridized carbons (Fsp3) is 0.280. The lowest BCUT2D eigenvalue weighted by Crippen LogP contribution is -2.47. The summed E-state index contributed by atoms with van der Waals surface area (Å²) in [6.07, 6.45) is 2.47. The minimum atomic E-state index is -3.17. The minimum Gasteiger partial charge on any atom is -0.424 e. The van der Waals surface area contributed by atoms with Gasteiger partial charge in [-0.05, 0) is 44.3 Å². The normalized spacial score (nSPS) is 17.9. The summed E-state index contributed by atoms with van der Waals surface area (Å²) in [5.41, 5.74) is 1.04. The van der Waals surface area contributed by atoms with Crippen molar-refractivity contribution in [3.63, 3.8) is 0 Å². The first-order valence-corrected chi connectivity index (χ1v) is 11.0. The van der Waals surface area contributed by atoms with Crippen LogP contribution in [0.1, 0.15) is 34.8 Å². The standard InChI is InChI=1S/C25H24F3N5O2/c1-4-12-30-22(29-3)20-16(10-9-15(2)21(20)26)23(34)33-13-11-25(27,28)19(33)14-31-24-32-17-7-5-6-8-18(17)35-24/h4-10,12,19H,3,11,13-14H2,1-2H3,(H,31,32)/b12-4-,30-22?/t19-/m1/s1. The van der Waals surface area contributed by atoms with Gasteiger partial charge >= 0.3 is 0 Å². The van der Waals surface area contributed by atoms with Gasteiger partial charge in [0.1, 0.15) is 17.4 Å². The number of halogens is 3. The third-order valence-electron chi connectivity index (χ3n) is 5.84. The van der Waals surface area contributed by atoms with E-state index in [2.05, 4.69) is 27.0 Å². The van der Waals surface area contributed by atoms with Crippen molar-refractivity contribution in [2.24, 2.45) is 9.98 Å². The summed E-state index contributed by atoms with van der Waals surface area (Å²) in [6, 6.07) is 8.38. The van der Waals surface area contributed by atoms with Gasteiger partial charge in [-0.3, -0.25) is 4.79 Å². The molecule has 0 spiro atoms. The first kappa shape index (κ1) is 24.2. The van der Waals surface area contributed by atoms with Gasteiger partial charge < -0.3 is 14.6 Å². The summed E-state index contributed by atoms with van der Waals surface area (Å²) in [7, 11) is 0. The lowest BCUT2D eigenvalue weighted by atomic mass is 10.0. The predicted molar refractivity (Wildman–Crippen MR) is 129 cm³/mol. The maximum absolute atomic E-state index is 15.1. The molecule has 1 fully saturated rings. The van der Waals surface area contributed by atoms with E-state index in [1.54, 1.807) is 37.3 Å². The number of aromatic nitrogens is 1. The molecule has 2 aromatic carbocycles. The van der Waals surface area contributed by atoms with E-state index in [0.717, 1.165) is 4.90 Å². The van der Waals surface area contributed by atoms with Gasteiger partial charge in [0, 0.05) is 25.7 Å². The molecule has 7 nitrogen and oxygen atoms in total. The van der Waals surface area contributed by atoms with E-state index < -0.39 is 30.1 Å². The Morgan fingerprint density at radius 1 is 1.34 bits per heavy atom. The zero-order valence-corrected chi connectivity index (χ0v) is 19.3. The minimum absolute atomic E-state index is 0.0694. The second-order valence-corrected chi connectivity index (χ2v) is 8.11. The van der Waals surface area contributed by atoms with Gasteiger partial charge in [0.15, 0.2) is 11.4 Å². The van der Waals surface area contributed by atoms with E-state index in [9.17, 15) is 13.6 Å². The number of nitrogens with one attached hydrogen (secondary N) is 1. The number of oxazole rings is 1. The SMILES string of the molecule is C=NC(=N/C=C\C)c1c(C(=O)N2CCC(F)(F)[C@H]2CNc2nc3ccccc3o2)ccc(C)c1F. The maximum Gasteiger partial charge on any atom is 0.295 e. The summed E-state index contributed by atoms with van der Waals surface area (Å²) in [6.45, 7) is 6.15. The summed E-state index contributed by atoms with van der Waals surface area (Å²) >= 11 is 0. The second kappa shape index (κ2) is 9.73. The number of rotatable bonds is 6. The molecule has 1 aromatic heterocycles. The Morgan fingerprint density at radius 2 is 2.11 bits per heavy atom. The fourth-order valence-corrected chi connectivity index (χ4v) is 4.02. The van der Waals surface area contributed by atoms with Crippen molar-refractivity contribution in [2.45, 2.75) is 32.2 Å². The van der Waals surface area contributed by atoms with Crippen molar-refractivity contribution in [2.75, 3.05) is 18.4 Å². The number of aryl methyl sites for hydroxylation is 1. The first-order valence-electron chi connectivity index (χ1n) is 11.0. The molecule has 35 heavy (non-hydrogen) atoms. The number of amidine groups is 1. The van der Waals surface area contributed by atoms with Crippen LogP contribution in [0.4, 0.5) is 19.2 Å². The molecule has 0 bridgehead atoms. The molecule has 0 saturated carbocycles. The molecular formula is C25H24F3N5O2. The van der Waals surface area contributed by atoms with Crippen molar-refractivity contribution < 1.29 is 22.4 Å². The highest BCUT2D eigenvalue weighted by Crippen LogP contribution is 2.36. The van der Waals surface area contributed by atoms with E-state index in [1.165, 1.54) is 25.3 Å². The monoisotopic (exact) mass is 483 g/mol. The van der Waals surface area contributed by atoms with Crippen LogP contribution in [0.5, 0.6) is 0 Å². The molecule has 10 heteroatoms.